The molecule has 0 spiro atoms. The van der Waals surface area contributed by atoms with E-state index in [0.717, 1.165) is 4.47 Å². The number of anilines is 2. The molecule has 0 saturated heterocycles. The van der Waals surface area contributed by atoms with Crippen LogP contribution in [-0.2, 0) is 4.79 Å². The predicted molar refractivity (Wildman–Crippen MR) is 97.4 cm³/mol. The second-order valence-electron chi connectivity index (χ2n) is 4.89. The van der Waals surface area contributed by atoms with Crippen molar-refractivity contribution in [3.05, 3.63) is 53.0 Å². The van der Waals surface area contributed by atoms with Gasteiger partial charge in [0, 0.05) is 22.9 Å². The molecule has 0 atom stereocenters. The van der Waals surface area contributed by atoms with Crippen molar-refractivity contribution in [3.63, 3.8) is 0 Å². The van der Waals surface area contributed by atoms with Crippen LogP contribution in [-0.4, -0.2) is 25.6 Å². The second-order valence-corrected chi connectivity index (χ2v) is 5.80. The molecule has 0 heterocycles. The molecule has 6 nitrogen and oxygen atoms in total. The van der Waals surface area contributed by atoms with Crippen LogP contribution in [0.1, 0.15) is 6.42 Å². The average Bonchev–Trinajstić information content (AvgIpc) is 2.56. The van der Waals surface area contributed by atoms with Crippen molar-refractivity contribution >= 4 is 39.2 Å². The summed E-state index contributed by atoms with van der Waals surface area (Å²) in [7, 11) is 1.54. The van der Waals surface area contributed by atoms with Crippen LogP contribution < -0.4 is 20.7 Å². The molecule has 0 fully saturated rings. The molecule has 7 heteroatoms. The molecule has 0 radical (unpaired) electrons. The van der Waals surface area contributed by atoms with Crippen LogP contribution in [0.4, 0.5) is 16.2 Å². The first-order chi connectivity index (χ1) is 11.6. The fourth-order valence-electron chi connectivity index (χ4n) is 1.87. The smallest absolute Gasteiger partial charge is 0.318 e. The fourth-order valence-corrected chi connectivity index (χ4v) is 2.25. The summed E-state index contributed by atoms with van der Waals surface area (Å²) < 4.78 is 6.45. The van der Waals surface area contributed by atoms with E-state index in [2.05, 4.69) is 31.9 Å². The van der Waals surface area contributed by atoms with Gasteiger partial charge in [-0.1, -0.05) is 22.0 Å². The Bertz CT molecular complexity index is 704. The lowest BCUT2D eigenvalue weighted by atomic mass is 10.2. The molecule has 0 aliphatic heterocycles. The van der Waals surface area contributed by atoms with Crippen LogP contribution >= 0.6 is 15.9 Å². The van der Waals surface area contributed by atoms with Gasteiger partial charge in [0.1, 0.15) is 5.75 Å². The number of carbonyl (C=O) groups is 2. The van der Waals surface area contributed by atoms with E-state index in [0.29, 0.717) is 23.7 Å². The zero-order valence-electron chi connectivity index (χ0n) is 13.1. The van der Waals surface area contributed by atoms with Crippen molar-refractivity contribution in [3.8, 4) is 5.75 Å². The molecule has 24 heavy (non-hydrogen) atoms. The molecule has 0 aliphatic carbocycles. The molecule has 3 N–H and O–H groups in total. The molecule has 2 aromatic rings. The van der Waals surface area contributed by atoms with Crippen molar-refractivity contribution in [2.45, 2.75) is 6.42 Å². The minimum atomic E-state index is -0.295. The van der Waals surface area contributed by atoms with Gasteiger partial charge in [0.15, 0.2) is 0 Å². The summed E-state index contributed by atoms with van der Waals surface area (Å²) >= 11 is 3.36. The lowest BCUT2D eigenvalue weighted by Crippen LogP contribution is -2.24. The third kappa shape index (κ3) is 5.92. The lowest BCUT2D eigenvalue weighted by Gasteiger charge is -2.09. The van der Waals surface area contributed by atoms with E-state index in [-0.39, 0.29) is 18.4 Å². The monoisotopic (exact) mass is 391 g/mol. The predicted octanol–water partition coefficient (Wildman–Crippen LogP) is 3.61. The van der Waals surface area contributed by atoms with E-state index in [1.807, 2.05) is 24.3 Å². The molecular formula is C17H18BrN3O3. The standard InChI is InChI=1S/C17H18BrN3O3/c1-19-17(23)21-14-7-5-13(6-8-14)20-16(22)9-10-24-15-4-2-3-12(18)11-15/h2-8,11H,9-10H2,1H3,(H,20,22)(H2,19,21,23). The number of nitrogens with one attached hydrogen (secondary N) is 3. The average molecular weight is 392 g/mol. The maximum atomic E-state index is 11.9. The Labute approximate surface area is 148 Å². The first-order valence-corrected chi connectivity index (χ1v) is 8.13. The molecule has 126 valence electrons. The molecule has 0 aliphatic rings. The highest BCUT2D eigenvalue weighted by atomic mass is 79.9. The Kier molecular flexibility index (Phi) is 6.62. The van der Waals surface area contributed by atoms with Crippen molar-refractivity contribution in [2.24, 2.45) is 0 Å². The normalized spacial score (nSPS) is 9.92. The molecule has 2 rings (SSSR count). The van der Waals surface area contributed by atoms with Crippen LogP contribution in [0.25, 0.3) is 0 Å². The number of amides is 3. The number of carbonyl (C=O) groups excluding carboxylic acids is 2. The van der Waals surface area contributed by atoms with E-state index in [4.69, 9.17) is 4.74 Å². The van der Waals surface area contributed by atoms with Crippen LogP contribution in [0.5, 0.6) is 5.75 Å². The zero-order chi connectivity index (χ0) is 17.4. The third-order valence-electron chi connectivity index (χ3n) is 3.05. The fraction of sp³-hybridized carbons (Fsp3) is 0.176. The second kappa shape index (κ2) is 8.93. The molecule has 0 saturated carbocycles. The number of rotatable bonds is 6. The highest BCUT2D eigenvalue weighted by molar-refractivity contribution is 9.10. The van der Waals surface area contributed by atoms with Gasteiger partial charge in [-0.2, -0.15) is 0 Å². The van der Waals surface area contributed by atoms with Gasteiger partial charge in [-0.3, -0.25) is 4.79 Å². The summed E-state index contributed by atoms with van der Waals surface area (Å²) in [5.74, 6) is 0.568. The van der Waals surface area contributed by atoms with E-state index in [1.165, 1.54) is 0 Å². The lowest BCUT2D eigenvalue weighted by molar-refractivity contribution is -0.116. The van der Waals surface area contributed by atoms with Gasteiger partial charge in [-0.15, -0.1) is 0 Å². The maximum Gasteiger partial charge on any atom is 0.318 e. The summed E-state index contributed by atoms with van der Waals surface area (Å²) in [5.41, 5.74) is 1.30. The summed E-state index contributed by atoms with van der Waals surface area (Å²) in [6, 6.07) is 14.0. The number of benzene rings is 2. The van der Waals surface area contributed by atoms with Crippen molar-refractivity contribution in [2.75, 3.05) is 24.3 Å². The summed E-state index contributed by atoms with van der Waals surface area (Å²) in [6.07, 6.45) is 0.241. The van der Waals surface area contributed by atoms with Gasteiger partial charge in [0.05, 0.1) is 13.0 Å². The SMILES string of the molecule is CNC(=O)Nc1ccc(NC(=O)CCOc2cccc(Br)c2)cc1. The van der Waals surface area contributed by atoms with Crippen LogP contribution in [0, 0.1) is 0 Å². The third-order valence-corrected chi connectivity index (χ3v) is 3.54. The number of halogens is 1. The first-order valence-electron chi connectivity index (χ1n) is 7.34. The van der Waals surface area contributed by atoms with E-state index in [1.54, 1.807) is 31.3 Å². The largest absolute Gasteiger partial charge is 0.493 e. The summed E-state index contributed by atoms with van der Waals surface area (Å²) in [6.45, 7) is 0.290. The molecule has 0 bridgehead atoms. The Balaban J connectivity index is 1.76. The number of hydrogen-bond donors (Lipinski definition) is 3. The first kappa shape index (κ1) is 17.8. The number of hydrogen-bond acceptors (Lipinski definition) is 3. The highest BCUT2D eigenvalue weighted by Crippen LogP contribution is 2.18. The quantitative estimate of drug-likeness (QED) is 0.703. The van der Waals surface area contributed by atoms with Gasteiger partial charge in [-0.05, 0) is 42.5 Å². The minimum Gasteiger partial charge on any atom is -0.493 e. The van der Waals surface area contributed by atoms with E-state index >= 15 is 0 Å². The van der Waals surface area contributed by atoms with Gasteiger partial charge in [0.25, 0.3) is 0 Å². The zero-order valence-corrected chi connectivity index (χ0v) is 14.7. The van der Waals surface area contributed by atoms with Crippen molar-refractivity contribution in [1.82, 2.24) is 5.32 Å². The topological polar surface area (TPSA) is 79.5 Å². The Morgan fingerprint density at radius 1 is 1.04 bits per heavy atom. The van der Waals surface area contributed by atoms with Crippen molar-refractivity contribution in [1.29, 1.82) is 0 Å². The Morgan fingerprint density at radius 2 is 1.71 bits per heavy atom. The van der Waals surface area contributed by atoms with Crippen LogP contribution in [0.3, 0.4) is 0 Å². The van der Waals surface area contributed by atoms with Gasteiger partial charge >= 0.3 is 6.03 Å². The number of urea groups is 1. The number of ether oxygens (including phenoxy) is 1. The van der Waals surface area contributed by atoms with Gasteiger partial charge < -0.3 is 20.7 Å². The molecule has 2 aromatic carbocycles. The highest BCUT2D eigenvalue weighted by Gasteiger charge is 2.04. The maximum absolute atomic E-state index is 11.9. The summed E-state index contributed by atoms with van der Waals surface area (Å²) in [4.78, 5) is 23.1. The molecular weight excluding hydrogens is 374 g/mol. The van der Waals surface area contributed by atoms with Crippen LogP contribution in [0.2, 0.25) is 0 Å². The minimum absolute atomic E-state index is 0.142. The molecule has 3 amide bonds. The molecule has 0 aromatic heterocycles. The Morgan fingerprint density at radius 3 is 2.33 bits per heavy atom. The molecule has 0 unspecified atom stereocenters. The summed E-state index contributed by atoms with van der Waals surface area (Å²) in [5, 5.41) is 7.88. The van der Waals surface area contributed by atoms with Crippen molar-refractivity contribution < 1.29 is 14.3 Å². The van der Waals surface area contributed by atoms with Gasteiger partial charge in [-0.25, -0.2) is 4.79 Å². The van der Waals surface area contributed by atoms with E-state index < -0.39 is 0 Å². The van der Waals surface area contributed by atoms with Gasteiger partial charge in [0.2, 0.25) is 5.91 Å². The Hall–Kier alpha value is -2.54. The van der Waals surface area contributed by atoms with E-state index in [9.17, 15) is 9.59 Å². The van der Waals surface area contributed by atoms with Crippen LogP contribution in [0.15, 0.2) is 53.0 Å².